The number of rotatable bonds is 0. The molecule has 0 saturated carbocycles. The van der Waals surface area contributed by atoms with Crippen molar-refractivity contribution >= 4 is 39.5 Å². The fourth-order valence-corrected chi connectivity index (χ4v) is 6.09. The summed E-state index contributed by atoms with van der Waals surface area (Å²) in [5, 5.41) is 0. The van der Waals surface area contributed by atoms with E-state index in [4.69, 9.17) is 0 Å². The van der Waals surface area contributed by atoms with Crippen molar-refractivity contribution in [1.29, 1.82) is 0 Å². The van der Waals surface area contributed by atoms with Gasteiger partial charge < -0.3 is 0 Å². The first-order valence-electron chi connectivity index (χ1n) is 4.98. The molecule has 1 saturated heterocycles. The van der Waals surface area contributed by atoms with Gasteiger partial charge >= 0.3 is 0 Å². The zero-order chi connectivity index (χ0) is 10.5. The Morgan fingerprint density at radius 1 is 1.27 bits per heavy atom. The van der Waals surface area contributed by atoms with E-state index in [-0.39, 0.29) is 9.90 Å². The highest BCUT2D eigenvalue weighted by molar-refractivity contribution is 9.10. The van der Waals surface area contributed by atoms with Crippen LogP contribution in [0.1, 0.15) is 17.5 Å². The van der Waals surface area contributed by atoms with Crippen LogP contribution in [0.4, 0.5) is 4.39 Å². The fraction of sp³-hybridized carbons (Fsp3) is 0.455. The van der Waals surface area contributed by atoms with Crippen LogP contribution in [0.2, 0.25) is 0 Å². The number of hydrogen-bond donors (Lipinski definition) is 0. The van der Waals surface area contributed by atoms with Crippen molar-refractivity contribution in [2.24, 2.45) is 0 Å². The van der Waals surface area contributed by atoms with E-state index in [0.29, 0.717) is 4.47 Å². The van der Waals surface area contributed by atoms with Gasteiger partial charge in [0.05, 0.1) is 8.55 Å². The standard InChI is InChI=1S/C11H10BrFS2/c12-9-2-1-8-7(10(9)13)3-4-11(8)14-5-6-15-11/h1-2H,3-6H2. The molecule has 1 heterocycles. The van der Waals surface area contributed by atoms with Crippen LogP contribution in [0, 0.1) is 5.82 Å². The summed E-state index contributed by atoms with van der Waals surface area (Å²) in [4.78, 5) is 0. The van der Waals surface area contributed by atoms with Crippen LogP contribution in [0.3, 0.4) is 0 Å². The zero-order valence-corrected chi connectivity index (χ0v) is 11.3. The number of halogens is 2. The Bertz CT molecular complexity index is 413. The smallest absolute Gasteiger partial charge is 0.140 e. The molecule has 0 aromatic heterocycles. The van der Waals surface area contributed by atoms with Crippen molar-refractivity contribution in [1.82, 2.24) is 0 Å². The number of fused-ring (bicyclic) bond motifs is 2. The van der Waals surface area contributed by atoms with Crippen molar-refractivity contribution in [2.75, 3.05) is 11.5 Å². The summed E-state index contributed by atoms with van der Waals surface area (Å²) in [6.07, 6.45) is 1.98. The molecule has 1 aromatic carbocycles. The van der Waals surface area contributed by atoms with Gasteiger partial charge in [-0.15, -0.1) is 23.5 Å². The Morgan fingerprint density at radius 3 is 2.73 bits per heavy atom. The summed E-state index contributed by atoms with van der Waals surface area (Å²) >= 11 is 7.24. The summed E-state index contributed by atoms with van der Waals surface area (Å²) in [5.74, 6) is 2.35. The van der Waals surface area contributed by atoms with Gasteiger partial charge in [0.15, 0.2) is 0 Å². The molecule has 0 unspecified atom stereocenters. The first-order valence-corrected chi connectivity index (χ1v) is 7.75. The van der Waals surface area contributed by atoms with Gasteiger partial charge in [-0.2, -0.15) is 0 Å². The van der Waals surface area contributed by atoms with Crippen molar-refractivity contribution in [3.63, 3.8) is 0 Å². The summed E-state index contributed by atoms with van der Waals surface area (Å²) < 4.78 is 14.7. The third kappa shape index (κ3) is 1.48. The summed E-state index contributed by atoms with van der Waals surface area (Å²) in [6, 6.07) is 3.95. The lowest BCUT2D eigenvalue weighted by Gasteiger charge is -2.22. The molecule has 1 spiro atoms. The number of benzene rings is 1. The predicted octanol–water partition coefficient (Wildman–Crippen LogP) is 4.17. The molecule has 0 bridgehead atoms. The molecule has 1 aliphatic carbocycles. The van der Waals surface area contributed by atoms with Crippen molar-refractivity contribution in [3.05, 3.63) is 33.5 Å². The maximum absolute atomic E-state index is 13.9. The van der Waals surface area contributed by atoms with Crippen LogP contribution in [0.25, 0.3) is 0 Å². The van der Waals surface area contributed by atoms with Gasteiger partial charge in [-0.25, -0.2) is 4.39 Å². The van der Waals surface area contributed by atoms with E-state index in [1.165, 1.54) is 17.1 Å². The number of thioether (sulfide) groups is 2. The second-order valence-electron chi connectivity index (χ2n) is 3.84. The van der Waals surface area contributed by atoms with Crippen LogP contribution in [0.5, 0.6) is 0 Å². The first-order chi connectivity index (χ1) is 7.23. The van der Waals surface area contributed by atoms with Gasteiger partial charge in [-0.05, 0) is 46.0 Å². The molecule has 0 amide bonds. The molecule has 2 aliphatic rings. The predicted molar refractivity (Wildman–Crippen MR) is 69.0 cm³/mol. The molecular weight excluding hydrogens is 295 g/mol. The molecule has 0 atom stereocenters. The van der Waals surface area contributed by atoms with Crippen LogP contribution < -0.4 is 0 Å². The zero-order valence-electron chi connectivity index (χ0n) is 8.06. The minimum Gasteiger partial charge on any atom is -0.205 e. The summed E-state index contributed by atoms with van der Waals surface area (Å²) in [7, 11) is 0. The highest BCUT2D eigenvalue weighted by atomic mass is 79.9. The molecular formula is C11H10BrFS2. The topological polar surface area (TPSA) is 0 Å². The van der Waals surface area contributed by atoms with Crippen molar-refractivity contribution in [3.8, 4) is 0 Å². The Balaban J connectivity index is 2.15. The van der Waals surface area contributed by atoms with Gasteiger partial charge in [-0.1, -0.05) is 6.07 Å². The largest absolute Gasteiger partial charge is 0.205 e. The normalized spacial score (nSPS) is 22.3. The molecule has 1 fully saturated rings. The van der Waals surface area contributed by atoms with Crippen LogP contribution in [-0.2, 0) is 10.5 Å². The van der Waals surface area contributed by atoms with Crippen LogP contribution in [0.15, 0.2) is 16.6 Å². The van der Waals surface area contributed by atoms with Crippen molar-refractivity contribution < 1.29 is 4.39 Å². The lowest BCUT2D eigenvalue weighted by molar-refractivity contribution is 0.606. The Hall–Kier alpha value is 0.330. The van der Waals surface area contributed by atoms with E-state index in [0.717, 1.165) is 18.4 Å². The average Bonchev–Trinajstić information content (AvgIpc) is 2.83. The molecule has 1 aromatic rings. The van der Waals surface area contributed by atoms with Gasteiger partial charge in [0.1, 0.15) is 5.82 Å². The number of hydrogen-bond acceptors (Lipinski definition) is 2. The van der Waals surface area contributed by atoms with E-state index in [1.54, 1.807) is 0 Å². The lowest BCUT2D eigenvalue weighted by atomic mass is 10.1. The van der Waals surface area contributed by atoms with Crippen LogP contribution >= 0.6 is 39.5 Å². The maximum atomic E-state index is 13.9. The third-order valence-electron chi connectivity index (χ3n) is 3.06. The van der Waals surface area contributed by atoms with Gasteiger partial charge in [0, 0.05) is 11.5 Å². The Labute approximate surface area is 106 Å². The molecule has 80 valence electrons. The highest BCUT2D eigenvalue weighted by Gasteiger charge is 2.43. The van der Waals surface area contributed by atoms with Gasteiger partial charge in [0.25, 0.3) is 0 Å². The molecule has 15 heavy (non-hydrogen) atoms. The first kappa shape index (κ1) is 10.5. The molecule has 3 rings (SSSR count). The monoisotopic (exact) mass is 304 g/mol. The SMILES string of the molecule is Fc1c(Br)ccc2c1CCC21SCCS1. The molecule has 0 nitrogen and oxygen atoms in total. The third-order valence-corrected chi connectivity index (χ3v) is 7.24. The molecule has 0 N–H and O–H groups in total. The Kier molecular flexibility index (Phi) is 2.57. The second-order valence-corrected chi connectivity index (χ2v) is 7.74. The fourth-order valence-electron chi connectivity index (χ4n) is 2.37. The van der Waals surface area contributed by atoms with Gasteiger partial charge in [-0.3, -0.25) is 0 Å². The average molecular weight is 305 g/mol. The molecule has 0 radical (unpaired) electrons. The molecule has 1 aliphatic heterocycles. The summed E-state index contributed by atoms with van der Waals surface area (Å²) in [6.45, 7) is 0. The maximum Gasteiger partial charge on any atom is 0.140 e. The Morgan fingerprint density at radius 2 is 2.00 bits per heavy atom. The summed E-state index contributed by atoms with van der Waals surface area (Å²) in [5.41, 5.74) is 2.17. The highest BCUT2D eigenvalue weighted by Crippen LogP contribution is 2.59. The van der Waals surface area contributed by atoms with E-state index in [1.807, 2.05) is 29.6 Å². The van der Waals surface area contributed by atoms with E-state index in [2.05, 4.69) is 22.0 Å². The van der Waals surface area contributed by atoms with Crippen molar-refractivity contribution in [2.45, 2.75) is 16.9 Å². The molecule has 4 heteroatoms. The van der Waals surface area contributed by atoms with E-state index >= 15 is 0 Å². The van der Waals surface area contributed by atoms with E-state index < -0.39 is 0 Å². The lowest BCUT2D eigenvalue weighted by Crippen LogP contribution is -2.09. The second kappa shape index (κ2) is 3.67. The quantitative estimate of drug-likeness (QED) is 0.705. The minimum atomic E-state index is -0.0440. The van der Waals surface area contributed by atoms with Gasteiger partial charge in [0.2, 0.25) is 0 Å². The van der Waals surface area contributed by atoms with Crippen LogP contribution in [-0.4, -0.2) is 11.5 Å². The minimum absolute atomic E-state index is 0.0440. The van der Waals surface area contributed by atoms with E-state index in [9.17, 15) is 4.39 Å².